The number of ether oxygens (including phenoxy) is 1. The minimum atomic E-state index is -2.86. The van der Waals surface area contributed by atoms with Crippen molar-refractivity contribution in [1.82, 2.24) is 4.98 Å². The summed E-state index contributed by atoms with van der Waals surface area (Å²) < 4.78 is 41.4. The minimum absolute atomic E-state index is 0.0734. The van der Waals surface area contributed by atoms with Crippen LogP contribution in [0.4, 0.5) is 18.9 Å². The molecule has 0 radical (unpaired) electrons. The number of halogens is 3. The largest absolute Gasteiger partial charge is 0.435 e. The van der Waals surface area contributed by atoms with E-state index in [0.717, 1.165) is 6.20 Å². The summed E-state index contributed by atoms with van der Waals surface area (Å²) in [5.41, 5.74) is 1.26. The molecule has 1 heterocycles. The zero-order chi connectivity index (χ0) is 14.5. The van der Waals surface area contributed by atoms with Crippen LogP contribution in [0.1, 0.15) is 18.7 Å². The standard InChI is InChI=1S/C14H13F3N2O/c1-9(13-6-5-10(15)8-18-13)19-11-3-2-4-12(7-11)20-14(16)17/h2-9,14,19H,1H3. The highest BCUT2D eigenvalue weighted by Crippen LogP contribution is 2.23. The fourth-order valence-electron chi connectivity index (χ4n) is 1.73. The van der Waals surface area contributed by atoms with Gasteiger partial charge in [-0.15, -0.1) is 0 Å². The molecule has 0 saturated heterocycles. The Kier molecular flexibility index (Phi) is 4.45. The van der Waals surface area contributed by atoms with E-state index < -0.39 is 12.4 Å². The molecule has 0 spiro atoms. The third-order valence-electron chi connectivity index (χ3n) is 2.64. The molecule has 0 saturated carbocycles. The van der Waals surface area contributed by atoms with Crippen LogP contribution in [0, 0.1) is 5.82 Å². The van der Waals surface area contributed by atoms with E-state index >= 15 is 0 Å². The Balaban J connectivity index is 2.07. The van der Waals surface area contributed by atoms with Gasteiger partial charge < -0.3 is 10.1 Å². The summed E-state index contributed by atoms with van der Waals surface area (Å²) in [6.07, 6.45) is 1.13. The van der Waals surface area contributed by atoms with Crippen molar-refractivity contribution in [2.45, 2.75) is 19.6 Å². The van der Waals surface area contributed by atoms with Gasteiger partial charge in [0, 0.05) is 11.8 Å². The van der Waals surface area contributed by atoms with Crippen molar-refractivity contribution in [3.8, 4) is 5.75 Å². The van der Waals surface area contributed by atoms with Crippen molar-refractivity contribution in [1.29, 1.82) is 0 Å². The van der Waals surface area contributed by atoms with Crippen LogP contribution in [0.5, 0.6) is 5.75 Å². The van der Waals surface area contributed by atoms with Crippen LogP contribution in [-0.2, 0) is 0 Å². The van der Waals surface area contributed by atoms with Gasteiger partial charge in [0.05, 0.1) is 17.9 Å². The lowest BCUT2D eigenvalue weighted by Gasteiger charge is -2.15. The number of hydrogen-bond acceptors (Lipinski definition) is 3. The van der Waals surface area contributed by atoms with Crippen LogP contribution in [0.25, 0.3) is 0 Å². The van der Waals surface area contributed by atoms with Crippen LogP contribution in [0.3, 0.4) is 0 Å². The Bertz CT molecular complexity index is 561. The SMILES string of the molecule is CC(Nc1cccc(OC(F)F)c1)c1ccc(F)cn1. The maximum atomic E-state index is 12.8. The monoisotopic (exact) mass is 282 g/mol. The number of alkyl halides is 2. The molecule has 3 nitrogen and oxygen atoms in total. The molecule has 0 aliphatic carbocycles. The second kappa shape index (κ2) is 6.27. The van der Waals surface area contributed by atoms with Crippen LogP contribution in [0.2, 0.25) is 0 Å². The average molecular weight is 282 g/mol. The highest BCUT2D eigenvalue weighted by atomic mass is 19.3. The first-order valence-corrected chi connectivity index (χ1v) is 5.97. The third-order valence-corrected chi connectivity index (χ3v) is 2.64. The van der Waals surface area contributed by atoms with Gasteiger partial charge in [-0.25, -0.2) is 4.39 Å². The van der Waals surface area contributed by atoms with Gasteiger partial charge in [-0.05, 0) is 31.2 Å². The predicted octanol–water partition coefficient (Wildman–Crippen LogP) is 4.00. The van der Waals surface area contributed by atoms with Crippen LogP contribution in [0.15, 0.2) is 42.6 Å². The number of nitrogens with zero attached hydrogens (tertiary/aromatic N) is 1. The second-order valence-electron chi connectivity index (χ2n) is 4.17. The molecule has 0 aliphatic heterocycles. The van der Waals surface area contributed by atoms with E-state index in [4.69, 9.17) is 0 Å². The third kappa shape index (κ3) is 3.88. The molecule has 20 heavy (non-hydrogen) atoms. The summed E-state index contributed by atoms with van der Waals surface area (Å²) in [4.78, 5) is 3.96. The average Bonchev–Trinajstić information content (AvgIpc) is 2.39. The Morgan fingerprint density at radius 2 is 2.00 bits per heavy atom. The normalized spacial score (nSPS) is 12.2. The van der Waals surface area contributed by atoms with Gasteiger partial charge >= 0.3 is 6.61 Å². The van der Waals surface area contributed by atoms with E-state index in [1.165, 1.54) is 18.2 Å². The topological polar surface area (TPSA) is 34.1 Å². The Morgan fingerprint density at radius 1 is 1.20 bits per heavy atom. The van der Waals surface area contributed by atoms with E-state index in [2.05, 4.69) is 15.0 Å². The zero-order valence-electron chi connectivity index (χ0n) is 10.7. The molecule has 0 fully saturated rings. The van der Waals surface area contributed by atoms with Crippen LogP contribution >= 0.6 is 0 Å². The number of pyridine rings is 1. The van der Waals surface area contributed by atoms with Crippen molar-refractivity contribution >= 4 is 5.69 Å². The maximum absolute atomic E-state index is 12.8. The van der Waals surface area contributed by atoms with Crippen molar-refractivity contribution in [2.24, 2.45) is 0 Å². The number of benzene rings is 1. The highest BCUT2D eigenvalue weighted by Gasteiger charge is 2.09. The first kappa shape index (κ1) is 14.2. The number of hydrogen-bond donors (Lipinski definition) is 1. The Labute approximate surface area is 114 Å². The first-order valence-electron chi connectivity index (χ1n) is 5.97. The predicted molar refractivity (Wildman–Crippen MR) is 69.3 cm³/mol. The van der Waals surface area contributed by atoms with Gasteiger partial charge in [-0.3, -0.25) is 4.98 Å². The fourth-order valence-corrected chi connectivity index (χ4v) is 1.73. The first-order chi connectivity index (χ1) is 9.54. The van der Waals surface area contributed by atoms with Gasteiger partial charge in [0.25, 0.3) is 0 Å². The highest BCUT2D eigenvalue weighted by molar-refractivity contribution is 5.49. The number of aromatic nitrogens is 1. The molecular weight excluding hydrogens is 269 g/mol. The fraction of sp³-hybridized carbons (Fsp3) is 0.214. The molecule has 106 valence electrons. The summed E-state index contributed by atoms with van der Waals surface area (Å²) in [7, 11) is 0. The van der Waals surface area contributed by atoms with Crippen molar-refractivity contribution in [3.05, 3.63) is 54.1 Å². The quantitative estimate of drug-likeness (QED) is 0.900. The van der Waals surface area contributed by atoms with Crippen LogP contribution < -0.4 is 10.1 Å². The summed E-state index contributed by atoms with van der Waals surface area (Å²) in [6, 6.07) is 8.91. The molecule has 0 bridgehead atoms. The van der Waals surface area contributed by atoms with E-state index in [9.17, 15) is 13.2 Å². The molecule has 2 rings (SSSR count). The van der Waals surface area contributed by atoms with E-state index in [-0.39, 0.29) is 11.8 Å². The second-order valence-corrected chi connectivity index (χ2v) is 4.17. The lowest BCUT2D eigenvalue weighted by atomic mass is 10.2. The smallest absolute Gasteiger partial charge is 0.387 e. The molecule has 2 aromatic rings. The molecule has 0 aliphatic rings. The number of rotatable bonds is 5. The molecule has 1 unspecified atom stereocenters. The molecule has 1 aromatic heterocycles. The van der Waals surface area contributed by atoms with Crippen molar-refractivity contribution < 1.29 is 17.9 Å². The molecule has 1 aromatic carbocycles. The van der Waals surface area contributed by atoms with E-state index in [1.54, 1.807) is 18.2 Å². The molecule has 1 atom stereocenters. The van der Waals surface area contributed by atoms with Gasteiger partial charge in [-0.1, -0.05) is 6.07 Å². The Hall–Kier alpha value is -2.24. The van der Waals surface area contributed by atoms with Gasteiger partial charge in [-0.2, -0.15) is 8.78 Å². The lowest BCUT2D eigenvalue weighted by molar-refractivity contribution is -0.0498. The van der Waals surface area contributed by atoms with E-state index in [1.807, 2.05) is 6.92 Å². The number of anilines is 1. The summed E-state index contributed by atoms with van der Waals surface area (Å²) >= 11 is 0. The lowest BCUT2D eigenvalue weighted by Crippen LogP contribution is -2.09. The van der Waals surface area contributed by atoms with Crippen LogP contribution in [-0.4, -0.2) is 11.6 Å². The zero-order valence-corrected chi connectivity index (χ0v) is 10.7. The minimum Gasteiger partial charge on any atom is -0.435 e. The maximum Gasteiger partial charge on any atom is 0.387 e. The Morgan fingerprint density at radius 3 is 2.65 bits per heavy atom. The van der Waals surface area contributed by atoms with Gasteiger partial charge in [0.1, 0.15) is 11.6 Å². The van der Waals surface area contributed by atoms with Crippen molar-refractivity contribution in [3.63, 3.8) is 0 Å². The number of nitrogens with one attached hydrogen (secondary N) is 1. The summed E-state index contributed by atoms with van der Waals surface area (Å²) in [6.45, 7) is -1.03. The molecule has 6 heteroatoms. The molecule has 1 N–H and O–H groups in total. The van der Waals surface area contributed by atoms with Gasteiger partial charge in [0.15, 0.2) is 0 Å². The summed E-state index contributed by atoms with van der Waals surface area (Å²) in [5.74, 6) is -0.336. The van der Waals surface area contributed by atoms with E-state index in [0.29, 0.717) is 11.4 Å². The summed E-state index contributed by atoms with van der Waals surface area (Å²) in [5, 5.41) is 3.08. The molecule has 0 amide bonds. The van der Waals surface area contributed by atoms with Gasteiger partial charge in [0.2, 0.25) is 0 Å². The van der Waals surface area contributed by atoms with Crippen molar-refractivity contribution in [2.75, 3.05) is 5.32 Å². The molecular formula is C14H13F3N2O.